The minimum atomic E-state index is -0.279. The van der Waals surface area contributed by atoms with E-state index in [1.165, 1.54) is 25.7 Å². The summed E-state index contributed by atoms with van der Waals surface area (Å²) in [5.41, 5.74) is -0.279. The van der Waals surface area contributed by atoms with E-state index in [1.807, 2.05) is 6.92 Å². The first-order valence-electron chi connectivity index (χ1n) is 6.47. The zero-order valence-electron chi connectivity index (χ0n) is 11.3. The predicted molar refractivity (Wildman–Crippen MR) is 67.6 cm³/mol. The van der Waals surface area contributed by atoms with Crippen LogP contribution in [0.2, 0.25) is 0 Å². The number of methoxy groups -OCH3 is 1. The molecule has 1 aliphatic heterocycles. The Morgan fingerprint density at radius 1 is 1.29 bits per heavy atom. The van der Waals surface area contributed by atoms with Gasteiger partial charge < -0.3 is 14.2 Å². The summed E-state index contributed by atoms with van der Waals surface area (Å²) in [5, 5.41) is 0. The Bertz CT molecular complexity index is 266. The van der Waals surface area contributed by atoms with Crippen molar-refractivity contribution in [1.82, 2.24) is 0 Å². The van der Waals surface area contributed by atoms with Crippen molar-refractivity contribution in [1.29, 1.82) is 0 Å². The predicted octanol–water partition coefficient (Wildman–Crippen LogP) is 2.74. The molecule has 1 saturated heterocycles. The Morgan fingerprint density at radius 2 is 2.12 bits per heavy atom. The van der Waals surface area contributed by atoms with Gasteiger partial charge in [0.1, 0.15) is 12.9 Å². The van der Waals surface area contributed by atoms with E-state index in [-0.39, 0.29) is 11.7 Å². The summed E-state index contributed by atoms with van der Waals surface area (Å²) in [6.45, 7) is 5.12. The van der Waals surface area contributed by atoms with Crippen molar-refractivity contribution in [3.63, 3.8) is 0 Å². The second-order valence-corrected chi connectivity index (χ2v) is 4.60. The molecule has 1 heterocycles. The van der Waals surface area contributed by atoms with Gasteiger partial charge in [-0.05, 0) is 13.3 Å². The summed E-state index contributed by atoms with van der Waals surface area (Å²) < 4.78 is 15.6. The molecule has 0 N–H and O–H groups in total. The van der Waals surface area contributed by atoms with Gasteiger partial charge in [0.05, 0.1) is 6.61 Å². The highest BCUT2D eigenvalue weighted by Crippen LogP contribution is 2.35. The third kappa shape index (κ3) is 5.54. The average molecular weight is 240 g/mol. The van der Waals surface area contributed by atoms with Gasteiger partial charge in [0.15, 0.2) is 5.60 Å². The Morgan fingerprint density at radius 3 is 2.82 bits per heavy atom. The van der Waals surface area contributed by atoms with E-state index in [0.29, 0.717) is 13.4 Å². The maximum absolute atomic E-state index is 5.52. The van der Waals surface area contributed by atoms with E-state index in [9.17, 15) is 0 Å². The van der Waals surface area contributed by atoms with E-state index in [1.54, 1.807) is 7.11 Å². The molecule has 0 aliphatic carbocycles. The van der Waals surface area contributed by atoms with E-state index in [4.69, 9.17) is 14.2 Å². The fourth-order valence-corrected chi connectivity index (χ4v) is 1.68. The van der Waals surface area contributed by atoms with Crippen LogP contribution in [0, 0.1) is 11.8 Å². The molecule has 3 nitrogen and oxygen atoms in total. The maximum atomic E-state index is 5.52. The number of ether oxygens (including phenoxy) is 3. The monoisotopic (exact) mass is 240 g/mol. The number of hydrogen-bond donors (Lipinski definition) is 0. The van der Waals surface area contributed by atoms with Gasteiger partial charge in [-0.25, -0.2) is 0 Å². The smallest absolute Gasteiger partial charge is 0.154 e. The van der Waals surface area contributed by atoms with Gasteiger partial charge in [-0.1, -0.05) is 32.1 Å². The van der Waals surface area contributed by atoms with Crippen LogP contribution in [0.4, 0.5) is 0 Å². The van der Waals surface area contributed by atoms with Crippen LogP contribution in [0.25, 0.3) is 0 Å². The largest absolute Gasteiger partial charge is 0.359 e. The molecule has 0 amide bonds. The highest BCUT2D eigenvalue weighted by molar-refractivity contribution is 5.23. The molecule has 0 spiro atoms. The first-order valence-corrected chi connectivity index (χ1v) is 6.47. The van der Waals surface area contributed by atoms with Crippen molar-refractivity contribution < 1.29 is 14.2 Å². The fourth-order valence-electron chi connectivity index (χ4n) is 1.68. The molecule has 0 radical (unpaired) electrons. The van der Waals surface area contributed by atoms with Gasteiger partial charge in [0.25, 0.3) is 0 Å². The second kappa shape index (κ2) is 7.71. The normalized spacial score (nSPS) is 26.4. The van der Waals surface area contributed by atoms with Crippen LogP contribution in [0.1, 0.15) is 46.0 Å². The third-order valence-electron chi connectivity index (χ3n) is 2.91. The fraction of sp³-hybridized carbons (Fsp3) is 0.857. The van der Waals surface area contributed by atoms with Crippen LogP contribution in [-0.2, 0) is 14.2 Å². The summed E-state index contributed by atoms with van der Waals surface area (Å²) in [6.07, 6.45) is 6.15. The minimum Gasteiger partial charge on any atom is -0.359 e. The van der Waals surface area contributed by atoms with Gasteiger partial charge in [0, 0.05) is 13.5 Å². The number of hydrogen-bond acceptors (Lipinski definition) is 3. The van der Waals surface area contributed by atoms with Gasteiger partial charge in [0.2, 0.25) is 0 Å². The summed E-state index contributed by atoms with van der Waals surface area (Å²) in [5.74, 6) is 6.40. The van der Waals surface area contributed by atoms with Crippen molar-refractivity contribution in [3.05, 3.63) is 0 Å². The number of epoxide rings is 1. The summed E-state index contributed by atoms with van der Waals surface area (Å²) in [4.78, 5) is 0. The minimum absolute atomic E-state index is 0.112. The Balaban J connectivity index is 2.08. The molecule has 0 aromatic rings. The van der Waals surface area contributed by atoms with Crippen molar-refractivity contribution in [3.8, 4) is 11.8 Å². The van der Waals surface area contributed by atoms with Crippen LogP contribution in [-0.4, -0.2) is 32.2 Å². The molecule has 98 valence electrons. The van der Waals surface area contributed by atoms with E-state index >= 15 is 0 Å². The SMILES string of the molecule is CCCCCCC#CC1(C)OC1COCOC. The molecule has 0 bridgehead atoms. The van der Waals surface area contributed by atoms with Crippen molar-refractivity contribution in [2.75, 3.05) is 20.5 Å². The lowest BCUT2D eigenvalue weighted by molar-refractivity contribution is -0.0352. The highest BCUT2D eigenvalue weighted by Gasteiger charge is 2.51. The molecule has 0 saturated carbocycles. The quantitative estimate of drug-likeness (QED) is 0.283. The van der Waals surface area contributed by atoms with Crippen LogP contribution >= 0.6 is 0 Å². The summed E-state index contributed by atoms with van der Waals surface area (Å²) in [6, 6.07) is 0. The Labute approximate surface area is 105 Å². The second-order valence-electron chi connectivity index (χ2n) is 4.60. The first kappa shape index (κ1) is 14.5. The lowest BCUT2D eigenvalue weighted by Crippen LogP contribution is -2.13. The van der Waals surface area contributed by atoms with E-state index < -0.39 is 0 Å². The molecular formula is C14H24O3. The lowest BCUT2D eigenvalue weighted by atomic mass is 10.1. The van der Waals surface area contributed by atoms with Gasteiger partial charge >= 0.3 is 0 Å². The molecule has 17 heavy (non-hydrogen) atoms. The number of unbranched alkanes of at least 4 members (excludes halogenated alkanes) is 4. The first-order chi connectivity index (χ1) is 8.23. The third-order valence-corrected chi connectivity index (χ3v) is 2.91. The van der Waals surface area contributed by atoms with Crippen LogP contribution < -0.4 is 0 Å². The number of rotatable bonds is 8. The molecule has 1 fully saturated rings. The summed E-state index contributed by atoms with van der Waals surface area (Å²) in [7, 11) is 1.61. The summed E-state index contributed by atoms with van der Waals surface area (Å²) >= 11 is 0. The lowest BCUT2D eigenvalue weighted by Gasteiger charge is -1.99. The maximum Gasteiger partial charge on any atom is 0.154 e. The molecule has 2 atom stereocenters. The Kier molecular flexibility index (Phi) is 6.57. The van der Waals surface area contributed by atoms with Crippen molar-refractivity contribution >= 4 is 0 Å². The van der Waals surface area contributed by atoms with Gasteiger partial charge in [-0.3, -0.25) is 0 Å². The molecular weight excluding hydrogens is 216 g/mol. The van der Waals surface area contributed by atoms with Crippen LogP contribution in [0.15, 0.2) is 0 Å². The zero-order chi connectivity index (χ0) is 12.6. The van der Waals surface area contributed by atoms with Crippen molar-refractivity contribution in [2.45, 2.75) is 57.7 Å². The molecule has 2 unspecified atom stereocenters. The average Bonchev–Trinajstić information content (AvgIpc) is 2.95. The molecule has 3 heteroatoms. The van der Waals surface area contributed by atoms with Crippen molar-refractivity contribution in [2.24, 2.45) is 0 Å². The zero-order valence-corrected chi connectivity index (χ0v) is 11.3. The van der Waals surface area contributed by atoms with Crippen LogP contribution in [0.5, 0.6) is 0 Å². The molecule has 0 aromatic heterocycles. The highest BCUT2D eigenvalue weighted by atomic mass is 16.7. The topological polar surface area (TPSA) is 31.0 Å². The van der Waals surface area contributed by atoms with Crippen LogP contribution in [0.3, 0.4) is 0 Å². The van der Waals surface area contributed by atoms with Gasteiger partial charge in [-0.15, -0.1) is 5.92 Å². The standard InChI is InChI=1S/C14H24O3/c1-4-5-6-7-8-9-10-14(2)13(17-14)11-16-12-15-3/h13H,4-8,11-12H2,1-3H3. The molecule has 1 rings (SSSR count). The Hall–Kier alpha value is -0.560. The van der Waals surface area contributed by atoms with E-state index in [2.05, 4.69) is 18.8 Å². The molecule has 0 aromatic carbocycles. The van der Waals surface area contributed by atoms with Gasteiger partial charge in [-0.2, -0.15) is 0 Å². The van der Waals surface area contributed by atoms with E-state index in [0.717, 1.165) is 6.42 Å². The molecule has 1 aliphatic rings.